The van der Waals surface area contributed by atoms with Crippen molar-refractivity contribution in [3.63, 3.8) is 0 Å². The van der Waals surface area contributed by atoms with Gasteiger partial charge in [-0.25, -0.2) is 0 Å². The number of hydrogen-bond acceptors (Lipinski definition) is 4. The van der Waals surface area contributed by atoms with Crippen molar-refractivity contribution in [2.45, 2.75) is 110 Å². The molecule has 4 heterocycles. The van der Waals surface area contributed by atoms with E-state index in [0.29, 0.717) is 0 Å². The van der Waals surface area contributed by atoms with Gasteiger partial charge >= 0.3 is 322 Å². The maximum atomic E-state index is 7.26. The van der Waals surface area contributed by atoms with Crippen LogP contribution in [0.2, 0.25) is 0 Å². The summed E-state index contributed by atoms with van der Waals surface area (Å²) < 4.78 is 13.1. The summed E-state index contributed by atoms with van der Waals surface area (Å²) in [4.78, 5) is 10.1. The number of hydrogen-bond donors (Lipinski definition) is 0. The number of aromatic nitrogens is 3. The van der Waals surface area contributed by atoms with E-state index in [1.165, 1.54) is 50.1 Å². The van der Waals surface area contributed by atoms with Gasteiger partial charge in [0.25, 0.3) is 0 Å². The molecule has 7 heteroatoms. The second-order valence-electron chi connectivity index (χ2n) is 27.0. The Morgan fingerprint density at radius 3 is 1.55 bits per heavy atom. The molecular weight excluding hydrogens is 1210 g/mol. The summed E-state index contributed by atoms with van der Waals surface area (Å²) in [6.45, 7) is 27.6. The number of pyridine rings is 1. The second kappa shape index (κ2) is 20.2. The number of rotatable bonds is 7. The van der Waals surface area contributed by atoms with Crippen LogP contribution in [0.3, 0.4) is 0 Å². The molecule has 0 saturated carbocycles. The van der Waals surface area contributed by atoms with Crippen molar-refractivity contribution < 1.29 is 24.1 Å². The minimum absolute atomic E-state index is 0.0587. The molecule has 2 aromatic heterocycles. The third kappa shape index (κ3) is 9.29. The fourth-order valence-electron chi connectivity index (χ4n) is 12.7. The molecule has 84 heavy (non-hydrogen) atoms. The van der Waals surface area contributed by atoms with E-state index in [1.54, 1.807) is 0 Å². The number of anilines is 6. The van der Waals surface area contributed by atoms with Gasteiger partial charge in [-0.15, -0.1) is 0 Å². The van der Waals surface area contributed by atoms with E-state index in [9.17, 15) is 0 Å². The Morgan fingerprint density at radius 1 is 0.357 bits per heavy atom. The van der Waals surface area contributed by atoms with E-state index in [1.807, 2.05) is 6.20 Å². The first-order chi connectivity index (χ1) is 40.1. The molecule has 0 amide bonds. The van der Waals surface area contributed by atoms with Gasteiger partial charge in [-0.2, -0.15) is 0 Å². The van der Waals surface area contributed by atoms with Gasteiger partial charge < -0.3 is 4.90 Å². The van der Waals surface area contributed by atoms with E-state index >= 15 is 0 Å². The predicted octanol–water partition coefficient (Wildman–Crippen LogP) is 20.5. The van der Waals surface area contributed by atoms with E-state index in [4.69, 9.17) is 9.72 Å². The molecule has 2 aliphatic heterocycles. The monoisotopic (exact) mass is 1280 g/mol. The molecule has 2 aliphatic rings. The first-order valence-electron chi connectivity index (χ1n) is 29.4. The van der Waals surface area contributed by atoms with Gasteiger partial charge in [-0.1, -0.05) is 108 Å². The molecule has 422 valence electrons. The van der Waals surface area contributed by atoms with Gasteiger partial charge in [0.05, 0.1) is 11.4 Å². The summed E-state index contributed by atoms with van der Waals surface area (Å²) in [5.41, 5.74) is 20.9. The molecule has 0 unspecified atom stereocenters. The quantitative estimate of drug-likeness (QED) is 0.159. The van der Waals surface area contributed by atoms with E-state index in [0.717, 1.165) is 77.5 Å². The second-order valence-corrected chi connectivity index (χ2v) is 28.0. The Kier molecular flexibility index (Phi) is 13.2. The normalized spacial score (nSPS) is 13.8. The van der Waals surface area contributed by atoms with Gasteiger partial charge in [0.1, 0.15) is 0 Å². The Hall–Kier alpha value is -8.31. The molecule has 0 N–H and O–H groups in total. The Balaban J connectivity index is 1.02. The summed E-state index contributed by atoms with van der Waals surface area (Å²) in [7, 11) is 0. The zero-order valence-corrected chi connectivity index (χ0v) is 52.6. The summed E-state index contributed by atoms with van der Waals surface area (Å²) in [5.74, 6) is 2.31. The predicted molar refractivity (Wildman–Crippen MR) is 345 cm³/mol. The zero-order chi connectivity index (χ0) is 58.7. The first kappa shape index (κ1) is 54.9. The van der Waals surface area contributed by atoms with Gasteiger partial charge in [0.2, 0.25) is 0 Å². The third-order valence-electron chi connectivity index (χ3n) is 17.2. The van der Waals surface area contributed by atoms with Crippen molar-refractivity contribution in [1.29, 1.82) is 0 Å². The van der Waals surface area contributed by atoms with Gasteiger partial charge in [-0.3, -0.25) is 0 Å². The van der Waals surface area contributed by atoms with E-state index < -0.39 is 5.41 Å². The van der Waals surface area contributed by atoms with Crippen LogP contribution in [0, 0.1) is 3.80 Å². The van der Waals surface area contributed by atoms with Crippen molar-refractivity contribution in [3.05, 3.63) is 273 Å². The van der Waals surface area contributed by atoms with Crippen LogP contribution in [-0.2, 0) is 46.4 Å². The molecule has 0 saturated heterocycles. The molecule has 0 atom stereocenters. The Bertz CT molecular complexity index is 4350. The minimum atomic E-state index is -0.761. The van der Waals surface area contributed by atoms with Crippen LogP contribution in [0.15, 0.2) is 225 Å². The van der Waals surface area contributed by atoms with Gasteiger partial charge in [0.15, 0.2) is 0 Å². The van der Waals surface area contributed by atoms with Crippen molar-refractivity contribution >= 4 is 45.3 Å². The number of imidazole rings is 1. The average molecular weight is 1280 g/mol. The van der Waals surface area contributed by atoms with Crippen LogP contribution in [-0.4, -0.2) is 14.1 Å². The fourth-order valence-corrected chi connectivity index (χ4v) is 13.8. The van der Waals surface area contributed by atoms with Gasteiger partial charge in [-0.05, 0) is 52.3 Å². The topological polar surface area (TPSA) is 38.5 Å². The molecule has 11 aromatic rings. The van der Waals surface area contributed by atoms with E-state index in [2.05, 4.69) is 340 Å². The van der Waals surface area contributed by atoms with Crippen molar-refractivity contribution in [3.8, 4) is 34.0 Å². The Labute approximate surface area is 507 Å². The van der Waals surface area contributed by atoms with Crippen LogP contribution in [0.5, 0.6) is 11.5 Å². The van der Waals surface area contributed by atoms with Crippen molar-refractivity contribution in [1.82, 2.24) is 14.1 Å². The number of nitrogens with zero attached hydrogens (tertiary/aromatic N) is 5. The number of benzene rings is 9. The SMILES string of the molecule is CC(C)(C)c1cc(-n2[c](=[Pt])n(-c3cccc(Oc4ccc5c(c4)N(c4cc(C(C)(C)C)ccn4)c4ccc(C(C)(C)C)cc4C54c5ccccc5N(c5ccccc5)c5ccccc54)c3)c3ccc(-c4ccccc4)cc32)cc(C(C)(C)C)c1. The Morgan fingerprint density at radius 2 is 0.905 bits per heavy atom. The van der Waals surface area contributed by atoms with Crippen LogP contribution >= 0.6 is 0 Å². The molecular formula is C77H73N5OPt. The molecule has 0 bridgehead atoms. The molecule has 6 nitrogen and oxygen atoms in total. The van der Waals surface area contributed by atoms with Crippen LogP contribution in [0.4, 0.5) is 34.3 Å². The molecule has 1 spiro atoms. The first-order valence-corrected chi connectivity index (χ1v) is 30.6. The van der Waals surface area contributed by atoms with Crippen LogP contribution in [0.25, 0.3) is 33.5 Å². The molecule has 0 fully saturated rings. The zero-order valence-electron chi connectivity index (χ0n) is 50.3. The van der Waals surface area contributed by atoms with Crippen molar-refractivity contribution in [2.24, 2.45) is 0 Å². The van der Waals surface area contributed by atoms with Crippen LogP contribution in [0.1, 0.15) is 128 Å². The summed E-state index contributed by atoms with van der Waals surface area (Å²) in [6, 6.07) is 80.6. The number of para-hydroxylation sites is 3. The van der Waals surface area contributed by atoms with Crippen molar-refractivity contribution in [2.75, 3.05) is 9.80 Å². The average Bonchev–Trinajstić information content (AvgIpc) is 0.824. The number of fused-ring (bicyclic) bond motifs is 9. The summed E-state index contributed by atoms with van der Waals surface area (Å²) >= 11 is 2.54. The molecule has 9 aromatic carbocycles. The fraction of sp³-hybridized carbons (Fsp3) is 0.221. The third-order valence-corrected chi connectivity index (χ3v) is 18.2. The summed E-state index contributed by atoms with van der Waals surface area (Å²) in [5, 5.41) is 0. The van der Waals surface area contributed by atoms with Crippen LogP contribution < -0.4 is 14.5 Å². The molecule has 0 aliphatic carbocycles. The molecule has 0 radical (unpaired) electrons. The van der Waals surface area contributed by atoms with E-state index in [-0.39, 0.29) is 21.7 Å². The maximum absolute atomic E-state index is 7.26. The molecule has 13 rings (SSSR count). The summed E-state index contributed by atoms with van der Waals surface area (Å²) in [6.07, 6.45) is 1.97. The standard InChI is InChI=1S/C77H73N5O.Pt/c1-73(2,3)53-35-39-68-65(46-53)77(62-30-19-21-32-66(62)81(57-26-17-14-18-27-57)67-33-22-20-31-63(67)77)64-37-36-61(49-70(64)82(68)72-47-54(40-41-78-72)74(4,5)6)83-60-29-23-28-58(48-60)79-50-80(59-44-55(75(7,8)9)43-56(45-59)76(10,11)12)71-42-52(34-38-69(71)79)51-24-15-13-16-25-51;/h13-49H,1-12H3;. The van der Waals surface area contributed by atoms with Gasteiger partial charge in [0, 0.05) is 11.9 Å². The number of ether oxygens (including phenoxy) is 1.